The third-order valence-electron chi connectivity index (χ3n) is 15.0. The number of ether oxygens (including phenoxy) is 5. The standard InChI is InChI=1S/C38H58O9/c1-21(39)43-25-18-27-35(10)19-26(44-22(2)40)31(36(11)14-12-29(47-36)33(7,8)46-24(4)42)34(35,9)16-17-37(27)20-38(37)15-13-28(45-23(3)41)32(5,6)30(25)38/h25-31H,12-20H2,1-11H3. The van der Waals surface area contributed by atoms with E-state index < -0.39 is 11.2 Å². The molecule has 47 heavy (non-hydrogen) atoms. The average Bonchev–Trinajstić information content (AvgIpc) is 3.26. The molecule has 2 spiro atoms. The van der Waals surface area contributed by atoms with Crippen molar-refractivity contribution < 1.29 is 42.9 Å². The van der Waals surface area contributed by atoms with Crippen LogP contribution in [0.25, 0.3) is 0 Å². The Morgan fingerprint density at radius 1 is 0.681 bits per heavy atom. The van der Waals surface area contributed by atoms with Gasteiger partial charge in [-0.1, -0.05) is 27.7 Å². The topological polar surface area (TPSA) is 114 Å². The molecule has 6 fully saturated rings. The molecule has 0 N–H and O–H groups in total. The fourth-order valence-electron chi connectivity index (χ4n) is 13.5. The predicted octanol–water partition coefficient (Wildman–Crippen LogP) is 6.72. The van der Waals surface area contributed by atoms with Crippen LogP contribution in [0.1, 0.15) is 134 Å². The number of hydrogen-bond acceptors (Lipinski definition) is 9. The number of esters is 4. The molecule has 5 saturated carbocycles. The van der Waals surface area contributed by atoms with Crippen molar-refractivity contribution in [3.05, 3.63) is 0 Å². The van der Waals surface area contributed by atoms with Crippen molar-refractivity contribution in [3.63, 3.8) is 0 Å². The Kier molecular flexibility index (Phi) is 7.88. The summed E-state index contributed by atoms with van der Waals surface area (Å²) in [5, 5.41) is 0. The lowest BCUT2D eigenvalue weighted by atomic mass is 9.41. The molecule has 1 aliphatic heterocycles. The first kappa shape index (κ1) is 34.7. The summed E-state index contributed by atoms with van der Waals surface area (Å²) >= 11 is 0. The minimum atomic E-state index is -0.784. The zero-order valence-electron chi connectivity index (χ0n) is 30.6. The summed E-state index contributed by atoms with van der Waals surface area (Å²) in [6.07, 6.45) is 6.77. The van der Waals surface area contributed by atoms with Gasteiger partial charge in [-0.2, -0.15) is 0 Å². The van der Waals surface area contributed by atoms with Crippen LogP contribution in [-0.2, 0) is 42.9 Å². The van der Waals surface area contributed by atoms with Gasteiger partial charge in [-0.15, -0.1) is 0 Å². The Hall–Kier alpha value is -2.16. The quantitative estimate of drug-likeness (QED) is 0.227. The van der Waals surface area contributed by atoms with Crippen molar-refractivity contribution in [3.8, 4) is 0 Å². The first-order valence-electron chi connectivity index (χ1n) is 18.0. The Balaban J connectivity index is 1.39. The molecule has 0 bridgehead atoms. The van der Waals surface area contributed by atoms with Crippen LogP contribution in [-0.4, -0.2) is 59.5 Å². The van der Waals surface area contributed by atoms with Gasteiger partial charge in [0.2, 0.25) is 0 Å². The third kappa shape index (κ3) is 4.85. The van der Waals surface area contributed by atoms with E-state index in [0.29, 0.717) is 0 Å². The number of rotatable bonds is 6. The molecule has 0 amide bonds. The Bertz CT molecular complexity index is 1350. The second kappa shape index (κ2) is 10.7. The maximum Gasteiger partial charge on any atom is 0.303 e. The summed E-state index contributed by atoms with van der Waals surface area (Å²) < 4.78 is 31.2. The van der Waals surface area contributed by atoms with Gasteiger partial charge in [0.15, 0.2) is 0 Å². The summed E-state index contributed by atoms with van der Waals surface area (Å²) in [7, 11) is 0. The van der Waals surface area contributed by atoms with Crippen molar-refractivity contribution in [1.82, 2.24) is 0 Å². The van der Waals surface area contributed by atoms with E-state index in [-0.39, 0.29) is 93.1 Å². The molecule has 1 heterocycles. The van der Waals surface area contributed by atoms with Crippen molar-refractivity contribution in [2.45, 2.75) is 170 Å². The van der Waals surface area contributed by atoms with Crippen molar-refractivity contribution >= 4 is 23.9 Å². The van der Waals surface area contributed by atoms with Gasteiger partial charge >= 0.3 is 23.9 Å². The van der Waals surface area contributed by atoms with Crippen LogP contribution in [0.4, 0.5) is 0 Å². The Morgan fingerprint density at radius 2 is 1.30 bits per heavy atom. The molecule has 6 rings (SSSR count). The van der Waals surface area contributed by atoms with Crippen LogP contribution in [0, 0.1) is 44.8 Å². The van der Waals surface area contributed by atoms with E-state index in [1.54, 1.807) is 0 Å². The van der Waals surface area contributed by atoms with Gasteiger partial charge in [0, 0.05) is 44.9 Å². The normalized spacial score (nSPS) is 47.8. The second-order valence-electron chi connectivity index (χ2n) is 18.2. The molecular weight excluding hydrogens is 600 g/mol. The summed E-state index contributed by atoms with van der Waals surface area (Å²) in [6, 6.07) is 0. The zero-order valence-corrected chi connectivity index (χ0v) is 30.6. The monoisotopic (exact) mass is 658 g/mol. The fraction of sp³-hybridized carbons (Fsp3) is 0.895. The van der Waals surface area contributed by atoms with E-state index >= 15 is 0 Å². The molecule has 0 aromatic carbocycles. The number of carbonyl (C=O) groups excluding carboxylic acids is 4. The van der Waals surface area contributed by atoms with E-state index in [2.05, 4.69) is 34.6 Å². The van der Waals surface area contributed by atoms with Crippen molar-refractivity contribution in [2.24, 2.45) is 44.8 Å². The molecule has 6 aliphatic rings. The van der Waals surface area contributed by atoms with Crippen molar-refractivity contribution in [1.29, 1.82) is 0 Å². The second-order valence-corrected chi connectivity index (χ2v) is 18.2. The Labute approximate surface area is 280 Å². The number of fused-ring (bicyclic) bond motifs is 2. The molecule has 0 aromatic heterocycles. The minimum absolute atomic E-state index is 0.00243. The molecule has 9 nitrogen and oxygen atoms in total. The molecule has 12 unspecified atom stereocenters. The largest absolute Gasteiger partial charge is 0.462 e. The van der Waals surface area contributed by atoms with Crippen LogP contribution in [0.15, 0.2) is 0 Å². The summed E-state index contributed by atoms with van der Waals surface area (Å²) in [4.78, 5) is 49.5. The van der Waals surface area contributed by atoms with E-state index in [1.807, 2.05) is 13.8 Å². The average molecular weight is 659 g/mol. The van der Waals surface area contributed by atoms with Crippen LogP contribution >= 0.6 is 0 Å². The van der Waals surface area contributed by atoms with E-state index in [4.69, 9.17) is 23.7 Å². The van der Waals surface area contributed by atoms with Gasteiger partial charge in [-0.3, -0.25) is 19.2 Å². The molecule has 0 radical (unpaired) electrons. The van der Waals surface area contributed by atoms with Crippen molar-refractivity contribution in [2.75, 3.05) is 0 Å². The SMILES string of the molecule is CC(=O)OC1CC2(C)C3CC(OC(C)=O)C4C(C)(C)C(OC(C)=O)CCC45CC35CCC2(C)C1C1(C)CCC(C(C)(C)OC(C)=O)O1. The van der Waals surface area contributed by atoms with E-state index in [9.17, 15) is 19.2 Å². The first-order valence-corrected chi connectivity index (χ1v) is 18.0. The molecule has 1 saturated heterocycles. The molecule has 9 heteroatoms. The zero-order chi connectivity index (χ0) is 34.8. The molecule has 264 valence electrons. The van der Waals surface area contributed by atoms with Crippen LogP contribution < -0.4 is 0 Å². The summed E-state index contributed by atoms with van der Waals surface area (Å²) in [6.45, 7) is 21.1. The van der Waals surface area contributed by atoms with E-state index in [0.717, 1.165) is 57.8 Å². The van der Waals surface area contributed by atoms with Gasteiger partial charge in [-0.25, -0.2) is 0 Å². The molecule has 12 atom stereocenters. The van der Waals surface area contributed by atoms with Gasteiger partial charge in [0.05, 0.1) is 11.7 Å². The van der Waals surface area contributed by atoms with Gasteiger partial charge < -0.3 is 23.7 Å². The maximum atomic E-state index is 12.7. The molecule has 5 aliphatic carbocycles. The first-order chi connectivity index (χ1) is 21.6. The highest BCUT2D eigenvalue weighted by molar-refractivity contribution is 5.67. The lowest BCUT2D eigenvalue weighted by molar-refractivity contribution is -0.225. The Morgan fingerprint density at radius 3 is 1.89 bits per heavy atom. The smallest absolute Gasteiger partial charge is 0.303 e. The van der Waals surface area contributed by atoms with Gasteiger partial charge in [0.1, 0.15) is 23.9 Å². The summed E-state index contributed by atoms with van der Waals surface area (Å²) in [5.74, 6) is -0.867. The predicted molar refractivity (Wildman–Crippen MR) is 173 cm³/mol. The van der Waals surface area contributed by atoms with Gasteiger partial charge in [0.25, 0.3) is 0 Å². The highest BCUT2D eigenvalue weighted by atomic mass is 16.6. The minimum Gasteiger partial charge on any atom is -0.462 e. The molecular formula is C38H58O9. The maximum absolute atomic E-state index is 12.7. The third-order valence-corrected chi connectivity index (χ3v) is 15.0. The summed E-state index contributed by atoms with van der Waals surface area (Å²) in [5.41, 5.74) is -2.06. The highest BCUT2D eigenvalue weighted by Crippen LogP contribution is 2.89. The number of hydrogen-bond donors (Lipinski definition) is 0. The van der Waals surface area contributed by atoms with Crippen LogP contribution in [0.5, 0.6) is 0 Å². The van der Waals surface area contributed by atoms with E-state index in [1.165, 1.54) is 27.7 Å². The fourth-order valence-corrected chi connectivity index (χ4v) is 13.5. The van der Waals surface area contributed by atoms with Gasteiger partial charge in [-0.05, 0) is 106 Å². The van der Waals surface area contributed by atoms with Crippen LogP contribution in [0.3, 0.4) is 0 Å². The van der Waals surface area contributed by atoms with Crippen LogP contribution in [0.2, 0.25) is 0 Å². The lowest BCUT2D eigenvalue weighted by Gasteiger charge is -2.64. The highest BCUT2D eigenvalue weighted by Gasteiger charge is 2.85. The lowest BCUT2D eigenvalue weighted by Crippen LogP contribution is -2.63. The number of carbonyl (C=O) groups is 4. The molecule has 0 aromatic rings.